The van der Waals surface area contributed by atoms with Gasteiger partial charge in [-0.3, -0.25) is 5.10 Å². The van der Waals surface area contributed by atoms with Gasteiger partial charge in [-0.2, -0.15) is 31.4 Å². The van der Waals surface area contributed by atoms with Gasteiger partial charge in [0, 0.05) is 17.7 Å². The molecule has 8 nitrogen and oxygen atoms in total. The van der Waals surface area contributed by atoms with Crippen molar-refractivity contribution in [1.82, 2.24) is 15.2 Å². The van der Waals surface area contributed by atoms with Gasteiger partial charge in [0.05, 0.1) is 23.0 Å². The zero-order chi connectivity index (χ0) is 29.0. The van der Waals surface area contributed by atoms with E-state index in [1.54, 1.807) is 11.3 Å². The number of nitrogens with one attached hydrogen (secondary N) is 1. The molecule has 1 unspecified atom stereocenters. The van der Waals surface area contributed by atoms with Crippen LogP contribution in [0.3, 0.4) is 0 Å². The van der Waals surface area contributed by atoms with Gasteiger partial charge in [-0.15, -0.1) is 11.3 Å². The molecule has 0 amide bonds. The Bertz CT molecular complexity index is 1430. The summed E-state index contributed by atoms with van der Waals surface area (Å²) in [5.74, 6) is -4.17. The first kappa shape index (κ1) is 29.4. The fourth-order valence-electron chi connectivity index (χ4n) is 3.39. The maximum atomic E-state index is 10.6. The molecule has 2 aromatic carbocycles. The zero-order valence-corrected chi connectivity index (χ0v) is 20.6. The number of carboxylic acids is 2. The van der Waals surface area contributed by atoms with E-state index in [9.17, 15) is 26.3 Å². The van der Waals surface area contributed by atoms with Crippen molar-refractivity contribution in [2.45, 2.75) is 31.6 Å². The third-order valence-electron chi connectivity index (χ3n) is 5.19. The predicted octanol–water partition coefficient (Wildman–Crippen LogP) is 5.98. The lowest BCUT2D eigenvalue weighted by Gasteiger charge is -2.24. The van der Waals surface area contributed by atoms with Crippen molar-refractivity contribution in [3.8, 4) is 16.9 Å². The van der Waals surface area contributed by atoms with E-state index in [-0.39, 0.29) is 0 Å². The van der Waals surface area contributed by atoms with Gasteiger partial charge in [-0.05, 0) is 42.7 Å². The van der Waals surface area contributed by atoms with Crippen LogP contribution >= 0.6 is 11.3 Å². The normalized spacial score (nSPS) is 14.7. The molecule has 3 heterocycles. The van der Waals surface area contributed by atoms with Crippen molar-refractivity contribution in [3.63, 3.8) is 0 Å². The Morgan fingerprint density at radius 1 is 1.00 bits per heavy atom. The number of benzene rings is 2. The number of hydrogen-bond donors (Lipinski definition) is 3. The van der Waals surface area contributed by atoms with Crippen LogP contribution in [0.15, 0.2) is 48.8 Å². The van der Waals surface area contributed by atoms with E-state index < -0.39 is 24.3 Å². The van der Waals surface area contributed by atoms with Crippen molar-refractivity contribution in [1.29, 1.82) is 0 Å². The minimum atomic E-state index is -5.08. The van der Waals surface area contributed by atoms with E-state index in [4.69, 9.17) is 29.5 Å². The number of aliphatic carboxylic acids is 2. The molecule has 4 aromatic rings. The Morgan fingerprint density at radius 2 is 1.64 bits per heavy atom. The maximum absolute atomic E-state index is 10.6. The maximum Gasteiger partial charge on any atom is 0.490 e. The Hall–Kier alpha value is -4.14. The number of alkyl halides is 6. The van der Waals surface area contributed by atoms with Crippen LogP contribution in [0.1, 0.15) is 22.1 Å². The van der Waals surface area contributed by atoms with Crippen molar-refractivity contribution in [2.24, 2.45) is 0 Å². The third kappa shape index (κ3) is 7.92. The molecule has 1 atom stereocenters. The molecule has 0 spiro atoms. The molecule has 0 bridgehead atoms. The fraction of sp³-hybridized carbons (Fsp3) is 0.250. The number of thiazole rings is 1. The van der Waals surface area contributed by atoms with Crippen molar-refractivity contribution >= 4 is 33.5 Å². The minimum absolute atomic E-state index is 0.323. The van der Waals surface area contributed by atoms with Gasteiger partial charge in [0.15, 0.2) is 0 Å². The predicted molar refractivity (Wildman–Crippen MR) is 128 cm³/mol. The van der Waals surface area contributed by atoms with Crippen molar-refractivity contribution in [2.75, 3.05) is 6.61 Å². The molecule has 0 saturated carbocycles. The summed E-state index contributed by atoms with van der Waals surface area (Å²) in [5.41, 5.74) is 5.88. The molecule has 0 radical (unpaired) electrons. The summed E-state index contributed by atoms with van der Waals surface area (Å²) in [6.07, 6.45) is -5.42. The largest absolute Gasteiger partial charge is 0.493 e. The molecule has 0 fully saturated rings. The number of nitrogens with zero attached hydrogens (tertiary/aromatic N) is 2. The lowest BCUT2D eigenvalue weighted by molar-refractivity contribution is -0.193. The van der Waals surface area contributed by atoms with Crippen LogP contribution in [0.25, 0.3) is 21.3 Å². The quantitative estimate of drug-likeness (QED) is 0.251. The average molecular weight is 575 g/mol. The number of halogens is 6. The first-order valence-corrected chi connectivity index (χ1v) is 11.7. The molecule has 0 aliphatic carbocycles. The van der Waals surface area contributed by atoms with Gasteiger partial charge in [0.1, 0.15) is 10.8 Å². The summed E-state index contributed by atoms with van der Waals surface area (Å²) in [7, 11) is 0. The average Bonchev–Trinajstić information content (AvgIpc) is 3.53. The fourth-order valence-corrected chi connectivity index (χ4v) is 4.48. The van der Waals surface area contributed by atoms with Gasteiger partial charge in [-0.25, -0.2) is 14.6 Å². The highest BCUT2D eigenvalue weighted by Gasteiger charge is 2.38. The highest BCUT2D eigenvalue weighted by molar-refractivity contribution is 7.18. The minimum Gasteiger partial charge on any atom is -0.493 e. The van der Waals surface area contributed by atoms with E-state index >= 15 is 0 Å². The molecular formula is C24H19F6N3O5S. The molecule has 208 valence electrons. The summed E-state index contributed by atoms with van der Waals surface area (Å²) in [6.45, 7) is 2.82. The molecule has 39 heavy (non-hydrogen) atoms. The summed E-state index contributed by atoms with van der Waals surface area (Å²) in [5, 5.41) is 22.3. The van der Waals surface area contributed by atoms with E-state index in [0.29, 0.717) is 12.5 Å². The number of ether oxygens (including phenoxy) is 1. The van der Waals surface area contributed by atoms with Crippen LogP contribution in [0.5, 0.6) is 5.75 Å². The van der Waals surface area contributed by atoms with E-state index in [0.717, 1.165) is 33.8 Å². The molecule has 15 heteroatoms. The summed E-state index contributed by atoms with van der Waals surface area (Å²) in [4.78, 5) is 22.7. The number of aromatic amines is 1. The Morgan fingerprint density at radius 3 is 2.21 bits per heavy atom. The molecule has 3 N–H and O–H groups in total. The third-order valence-corrected chi connectivity index (χ3v) is 6.37. The first-order valence-electron chi connectivity index (χ1n) is 10.9. The summed E-state index contributed by atoms with van der Waals surface area (Å²) >= 11 is 1.77. The number of carbonyl (C=O) groups is 2. The van der Waals surface area contributed by atoms with Crippen LogP contribution in [0, 0.1) is 6.92 Å². The smallest absolute Gasteiger partial charge is 0.490 e. The van der Waals surface area contributed by atoms with Gasteiger partial charge >= 0.3 is 24.3 Å². The van der Waals surface area contributed by atoms with Crippen LogP contribution < -0.4 is 4.74 Å². The zero-order valence-electron chi connectivity index (χ0n) is 19.8. The number of aromatic nitrogens is 3. The Balaban J connectivity index is 0.000000251. The molecule has 1 aliphatic rings. The standard InChI is InChI=1S/C20H17N3OS.2C2HF3O2/c1-12-2-5-18-14(6-12)7-15(11-24-18)20-23-17-4-3-13(8-19(17)25-20)16-9-21-22-10-16;2*3-2(4,5)1(6)7/h2-6,8-10,15H,7,11H2,1H3,(H,21,22);2*(H,6,7). The number of carboxylic acid groups (broad SMARTS) is 2. The van der Waals surface area contributed by atoms with Crippen LogP contribution in [-0.2, 0) is 16.0 Å². The first-order chi connectivity index (χ1) is 18.1. The Kier molecular flexibility index (Phi) is 8.84. The van der Waals surface area contributed by atoms with Crippen molar-refractivity contribution in [3.05, 3.63) is 64.9 Å². The van der Waals surface area contributed by atoms with E-state index in [2.05, 4.69) is 53.5 Å². The van der Waals surface area contributed by atoms with Gasteiger partial charge < -0.3 is 14.9 Å². The van der Waals surface area contributed by atoms with Gasteiger partial charge in [-0.1, -0.05) is 23.8 Å². The van der Waals surface area contributed by atoms with Crippen LogP contribution in [0.4, 0.5) is 26.3 Å². The second kappa shape index (κ2) is 11.7. The van der Waals surface area contributed by atoms with E-state index in [1.807, 2.05) is 12.4 Å². The second-order valence-electron chi connectivity index (χ2n) is 8.15. The van der Waals surface area contributed by atoms with Crippen LogP contribution in [0.2, 0.25) is 0 Å². The lowest BCUT2D eigenvalue weighted by Crippen LogP contribution is -2.21. The molecule has 1 aliphatic heterocycles. The second-order valence-corrected chi connectivity index (χ2v) is 9.21. The summed E-state index contributed by atoms with van der Waals surface area (Å²) in [6, 6.07) is 12.8. The SMILES string of the molecule is Cc1ccc2c(c1)CC(c1nc3ccc(-c4cn[nH]c4)cc3s1)CO2.O=C(O)C(F)(F)F.O=C(O)C(F)(F)F. The molecule has 0 saturated heterocycles. The van der Waals surface area contributed by atoms with Gasteiger partial charge in [0.2, 0.25) is 0 Å². The topological polar surface area (TPSA) is 125 Å². The number of hydrogen-bond acceptors (Lipinski definition) is 6. The highest BCUT2D eigenvalue weighted by Crippen LogP contribution is 2.37. The van der Waals surface area contributed by atoms with E-state index in [1.165, 1.54) is 15.8 Å². The number of aryl methyl sites for hydroxylation is 1. The number of fused-ring (bicyclic) bond motifs is 2. The van der Waals surface area contributed by atoms with Crippen LogP contribution in [-0.4, -0.2) is 56.3 Å². The highest BCUT2D eigenvalue weighted by atomic mass is 32.1. The van der Waals surface area contributed by atoms with Gasteiger partial charge in [0.25, 0.3) is 0 Å². The number of H-pyrrole nitrogens is 1. The monoisotopic (exact) mass is 575 g/mol. The molecular weight excluding hydrogens is 556 g/mol. The number of rotatable bonds is 2. The Labute approximate surface area is 219 Å². The molecule has 5 rings (SSSR count). The molecule has 2 aromatic heterocycles. The lowest BCUT2D eigenvalue weighted by atomic mass is 9.96. The van der Waals surface area contributed by atoms with Crippen molar-refractivity contribution < 1.29 is 50.9 Å². The summed E-state index contributed by atoms with van der Waals surface area (Å²) < 4.78 is 70.7.